The van der Waals surface area contributed by atoms with Crippen LogP contribution in [0.5, 0.6) is 0 Å². The van der Waals surface area contributed by atoms with E-state index in [1.54, 1.807) is 30.5 Å². The third-order valence-electron chi connectivity index (χ3n) is 5.18. The normalized spacial score (nSPS) is 12.5. The van der Waals surface area contributed by atoms with Crippen LogP contribution in [-0.2, 0) is 33.9 Å². The molecule has 0 fully saturated rings. The molecule has 0 aliphatic carbocycles. The van der Waals surface area contributed by atoms with Crippen LogP contribution in [0.15, 0.2) is 113 Å². The van der Waals surface area contributed by atoms with Crippen molar-refractivity contribution in [3.8, 4) is 0 Å². The molecule has 1 aromatic heterocycles. The zero-order chi connectivity index (χ0) is 24.4. The molecular formula is C27H27ClN2O3RuS. The summed E-state index contributed by atoms with van der Waals surface area (Å²) in [7, 11) is 0.661. The van der Waals surface area contributed by atoms with Crippen LogP contribution < -0.4 is 0 Å². The van der Waals surface area contributed by atoms with E-state index >= 15 is 0 Å². The molecule has 2 atom stereocenters. The topological polar surface area (TPSA) is 75.5 Å². The molecule has 0 saturated carbocycles. The number of aryl methyl sites for hydroxylation is 1. The summed E-state index contributed by atoms with van der Waals surface area (Å²) in [5.41, 5.74) is 2.65. The predicted molar refractivity (Wildman–Crippen MR) is 138 cm³/mol. The van der Waals surface area contributed by atoms with Crippen LogP contribution in [0.1, 0.15) is 34.5 Å². The van der Waals surface area contributed by atoms with Crippen LogP contribution in [0.4, 0.5) is 0 Å². The van der Waals surface area contributed by atoms with E-state index in [4.69, 9.17) is 9.73 Å². The number of benzene rings is 3. The van der Waals surface area contributed by atoms with Crippen molar-refractivity contribution in [3.63, 3.8) is 0 Å². The molecular weight excluding hydrogens is 569 g/mol. The van der Waals surface area contributed by atoms with Gasteiger partial charge in [-0.1, -0.05) is 96.0 Å². The van der Waals surface area contributed by atoms with E-state index in [1.165, 1.54) is 0 Å². The van der Waals surface area contributed by atoms with Crippen LogP contribution in [0.3, 0.4) is 0 Å². The molecule has 0 N–H and O–H groups in total. The zero-order valence-corrected chi connectivity index (χ0v) is 22.7. The van der Waals surface area contributed by atoms with Crippen molar-refractivity contribution in [3.05, 3.63) is 143 Å². The van der Waals surface area contributed by atoms with Crippen LogP contribution in [-0.4, -0.2) is 8.42 Å². The van der Waals surface area contributed by atoms with Crippen molar-refractivity contribution in [1.29, 1.82) is 0 Å². The standard InChI is InChI=1S/C26H24N2O3S.CH3.ClH.Ru/c1-20-14-16-24(17-15-20)32(29,30)28-26(22-11-6-3-7-12-22)25(21-9-4-2-5-10-21)27-19-23-13-8-18-31-23;;;/h2-18,25-26H,19H2,1H3;1H3;1H;/q-2;-1;;+4/p-1/t25-,26-;;;/m1.../s1. The molecule has 0 aliphatic rings. The number of nitrogens with zero attached hydrogens (tertiary/aromatic N) is 2. The van der Waals surface area contributed by atoms with Crippen LogP contribution in [0.25, 0.3) is 10.0 Å². The molecule has 1 heterocycles. The summed E-state index contributed by atoms with van der Waals surface area (Å²) in [6.07, 6.45) is 1.60. The Labute approximate surface area is 222 Å². The molecule has 4 rings (SSSR count). The van der Waals surface area contributed by atoms with Crippen LogP contribution in [0.2, 0.25) is 0 Å². The van der Waals surface area contributed by atoms with E-state index in [0.29, 0.717) is 12.3 Å². The molecule has 5 nitrogen and oxygen atoms in total. The maximum atomic E-state index is 13.3. The summed E-state index contributed by atoms with van der Waals surface area (Å²) in [6.45, 7) is 2.23. The second-order valence-corrected chi connectivity index (χ2v) is 9.16. The number of furan rings is 1. The number of halogens is 1. The molecule has 0 saturated heterocycles. The van der Waals surface area contributed by atoms with Crippen molar-refractivity contribution < 1.29 is 30.1 Å². The average molecular weight is 596 g/mol. The number of sulfonamides is 1. The summed E-state index contributed by atoms with van der Waals surface area (Å²) in [4.78, 5) is 0.168. The minimum absolute atomic E-state index is 0. The number of hydrogen-bond acceptors (Lipinski definition) is 3. The fourth-order valence-corrected chi connectivity index (χ4v) is 4.64. The molecule has 0 spiro atoms. The summed E-state index contributed by atoms with van der Waals surface area (Å²) >= 11 is 1.82. The Morgan fingerprint density at radius 3 is 1.86 bits per heavy atom. The Kier molecular flexibility index (Phi) is 11.9. The first-order chi connectivity index (χ1) is 16.5. The van der Waals surface area contributed by atoms with Crippen molar-refractivity contribution in [2.75, 3.05) is 0 Å². The van der Waals surface area contributed by atoms with E-state index < -0.39 is 22.1 Å². The number of hydrogen-bond donors (Lipinski definition) is 0. The SMILES string of the molecule is Cc1ccc(S(=O)(=O)[N-][C@H](c2ccccc2)[C@H]([N-]Cc2ccco2)c2ccccc2)cc1.[CH3-].[Cl][Ru+3]. The predicted octanol–water partition coefficient (Wildman–Crippen LogP) is 7.84. The van der Waals surface area contributed by atoms with Crippen molar-refractivity contribution in [1.82, 2.24) is 0 Å². The first-order valence-electron chi connectivity index (χ1n) is 10.5. The number of rotatable bonds is 9. The van der Waals surface area contributed by atoms with E-state index in [-0.39, 0.29) is 12.3 Å². The van der Waals surface area contributed by atoms with E-state index in [2.05, 4.69) is 14.4 Å². The fourth-order valence-electron chi connectivity index (χ4n) is 3.50. The molecule has 8 heteroatoms. The van der Waals surface area contributed by atoms with Crippen LogP contribution in [0, 0.1) is 14.4 Å². The average Bonchev–Trinajstić information content (AvgIpc) is 3.40. The summed E-state index contributed by atoms with van der Waals surface area (Å²) in [5, 5.41) is 4.85. The van der Waals surface area contributed by atoms with Gasteiger partial charge in [-0.2, -0.15) is 0 Å². The first kappa shape index (κ1) is 29.0. The fraction of sp³-hybridized carbons (Fsp3) is 0.148. The molecule has 0 aliphatic heterocycles. The molecule has 0 radical (unpaired) electrons. The minimum atomic E-state index is -3.91. The van der Waals surface area contributed by atoms with Gasteiger partial charge in [-0.25, -0.2) is 8.42 Å². The summed E-state index contributed by atoms with van der Waals surface area (Å²) in [6, 6.07) is 28.2. The van der Waals surface area contributed by atoms with Gasteiger partial charge in [-0.3, -0.25) is 0 Å². The van der Waals surface area contributed by atoms with Gasteiger partial charge in [0.15, 0.2) is 0 Å². The maximum absolute atomic E-state index is 13.3. The van der Waals surface area contributed by atoms with Gasteiger partial charge in [0.2, 0.25) is 0 Å². The molecule has 4 aromatic rings. The molecule has 0 bridgehead atoms. The van der Waals surface area contributed by atoms with Gasteiger partial charge in [0, 0.05) is 4.90 Å². The van der Waals surface area contributed by atoms with Crippen molar-refractivity contribution in [2.24, 2.45) is 0 Å². The molecule has 0 unspecified atom stereocenters. The Morgan fingerprint density at radius 1 is 0.800 bits per heavy atom. The van der Waals surface area contributed by atoms with E-state index in [9.17, 15) is 8.42 Å². The van der Waals surface area contributed by atoms with Gasteiger partial charge < -0.3 is 21.9 Å². The molecule has 3 aromatic carbocycles. The Bertz CT molecular complexity index is 1220. The second kappa shape index (κ2) is 14.3. The van der Waals surface area contributed by atoms with E-state index in [1.807, 2.05) is 97.0 Å². The second-order valence-electron chi connectivity index (χ2n) is 7.52. The molecule has 35 heavy (non-hydrogen) atoms. The third kappa shape index (κ3) is 8.13. The summed E-state index contributed by atoms with van der Waals surface area (Å²) in [5.74, 6) is 0.708. The first-order valence-corrected chi connectivity index (χ1v) is 14.2. The van der Waals surface area contributed by atoms with Gasteiger partial charge in [0.25, 0.3) is 0 Å². The van der Waals surface area contributed by atoms with Gasteiger partial charge >= 0.3 is 27.0 Å². The third-order valence-corrected chi connectivity index (χ3v) is 6.55. The van der Waals surface area contributed by atoms with Gasteiger partial charge in [-0.05, 0) is 31.2 Å². The Balaban J connectivity index is 0.00000140. The Hall–Kier alpha value is -2.28. The molecule has 0 amide bonds. The van der Waals surface area contributed by atoms with Gasteiger partial charge in [0.05, 0.1) is 12.0 Å². The van der Waals surface area contributed by atoms with Crippen LogP contribution >= 0.6 is 9.69 Å². The molecule has 184 valence electrons. The zero-order valence-electron chi connectivity index (χ0n) is 19.4. The Morgan fingerprint density at radius 2 is 1.34 bits per heavy atom. The summed E-state index contributed by atoms with van der Waals surface area (Å²) < 4.78 is 36.4. The van der Waals surface area contributed by atoms with Crippen molar-refractivity contribution in [2.45, 2.75) is 30.4 Å². The quantitative estimate of drug-likeness (QED) is 0.146. The van der Waals surface area contributed by atoms with Gasteiger partial charge in [0.1, 0.15) is 10.0 Å². The van der Waals surface area contributed by atoms with E-state index in [0.717, 1.165) is 16.7 Å². The van der Waals surface area contributed by atoms with Gasteiger partial charge in [-0.15, -0.1) is 12.1 Å². The monoisotopic (exact) mass is 596 g/mol. The van der Waals surface area contributed by atoms with Crippen molar-refractivity contribution >= 4 is 19.7 Å².